The second kappa shape index (κ2) is 5.48. The lowest BCUT2D eigenvalue weighted by molar-refractivity contribution is 0.0378. The van der Waals surface area contributed by atoms with Gasteiger partial charge in [0.05, 0.1) is 22.2 Å². The van der Waals surface area contributed by atoms with E-state index in [1.807, 2.05) is 0 Å². The molecule has 1 aliphatic rings. The summed E-state index contributed by atoms with van der Waals surface area (Å²) in [6.07, 6.45) is 1.37. The van der Waals surface area contributed by atoms with Crippen LogP contribution in [0.4, 0.5) is 11.6 Å². The Morgan fingerprint density at radius 2 is 2.06 bits per heavy atom. The molecule has 1 fully saturated rings. The predicted molar refractivity (Wildman–Crippen MR) is 72.2 cm³/mol. The van der Waals surface area contributed by atoms with Crippen molar-refractivity contribution in [3.63, 3.8) is 0 Å². The van der Waals surface area contributed by atoms with Crippen LogP contribution in [0.15, 0.2) is 6.07 Å². The van der Waals surface area contributed by atoms with Crippen LogP contribution < -0.4 is 11.1 Å². The molecule has 7 heteroatoms. The van der Waals surface area contributed by atoms with E-state index in [1.54, 1.807) is 0 Å². The van der Waals surface area contributed by atoms with Gasteiger partial charge < -0.3 is 20.9 Å². The Morgan fingerprint density at radius 1 is 1.39 bits per heavy atom. The van der Waals surface area contributed by atoms with E-state index in [-0.39, 0.29) is 12.4 Å². The highest BCUT2D eigenvalue weighted by Gasteiger charge is 2.32. The van der Waals surface area contributed by atoms with E-state index in [9.17, 15) is 5.11 Å². The number of hydrogen-bond acceptors (Lipinski definition) is 5. The fourth-order valence-electron chi connectivity index (χ4n) is 1.90. The van der Waals surface area contributed by atoms with E-state index < -0.39 is 5.54 Å². The Hall–Kier alpha value is -0.750. The monoisotopic (exact) mass is 291 g/mol. The lowest BCUT2D eigenvalue weighted by atomic mass is 9.91. The first kappa shape index (κ1) is 13.7. The smallest absolute Gasteiger partial charge is 0.147 e. The zero-order chi connectivity index (χ0) is 13.2. The third-order valence-electron chi connectivity index (χ3n) is 3.09. The summed E-state index contributed by atoms with van der Waals surface area (Å²) in [4.78, 5) is 4.11. The van der Waals surface area contributed by atoms with E-state index >= 15 is 0 Å². The quantitative estimate of drug-likeness (QED) is 0.793. The molecule has 0 unspecified atom stereocenters. The molecule has 0 aromatic carbocycles. The number of rotatable bonds is 3. The van der Waals surface area contributed by atoms with Gasteiger partial charge in [0.25, 0.3) is 0 Å². The van der Waals surface area contributed by atoms with E-state index in [0.29, 0.717) is 41.9 Å². The van der Waals surface area contributed by atoms with Crippen molar-refractivity contribution in [2.24, 2.45) is 0 Å². The third-order valence-corrected chi connectivity index (χ3v) is 3.68. The summed E-state index contributed by atoms with van der Waals surface area (Å²) < 4.78 is 5.29. The van der Waals surface area contributed by atoms with E-state index in [2.05, 4.69) is 10.3 Å². The molecule has 100 valence electrons. The molecule has 0 atom stereocenters. The molecular weight excluding hydrogens is 277 g/mol. The molecule has 0 radical (unpaired) electrons. The molecule has 2 rings (SSSR count). The molecule has 1 aromatic heterocycles. The molecule has 18 heavy (non-hydrogen) atoms. The summed E-state index contributed by atoms with van der Waals surface area (Å²) in [6.45, 7) is 1.17. The molecule has 1 saturated heterocycles. The van der Waals surface area contributed by atoms with Gasteiger partial charge in [0.2, 0.25) is 0 Å². The molecule has 0 saturated carbocycles. The summed E-state index contributed by atoms with van der Waals surface area (Å²) in [7, 11) is 0. The summed E-state index contributed by atoms with van der Waals surface area (Å²) in [5.74, 6) is 0.651. The van der Waals surface area contributed by atoms with Gasteiger partial charge in [-0.05, 0) is 18.9 Å². The second-order valence-corrected chi connectivity index (χ2v) is 5.18. The number of aromatic nitrogens is 1. The van der Waals surface area contributed by atoms with Gasteiger partial charge in [-0.25, -0.2) is 4.98 Å². The number of hydrogen-bond donors (Lipinski definition) is 3. The van der Waals surface area contributed by atoms with Crippen molar-refractivity contribution in [2.45, 2.75) is 18.4 Å². The molecule has 0 spiro atoms. The van der Waals surface area contributed by atoms with Crippen molar-refractivity contribution in [1.82, 2.24) is 4.98 Å². The van der Waals surface area contributed by atoms with Crippen molar-refractivity contribution in [2.75, 3.05) is 30.9 Å². The summed E-state index contributed by atoms with van der Waals surface area (Å²) >= 11 is 11.9. The van der Waals surface area contributed by atoms with Gasteiger partial charge in [-0.2, -0.15) is 0 Å². The molecule has 1 aromatic rings. The van der Waals surface area contributed by atoms with Gasteiger partial charge in [0.15, 0.2) is 0 Å². The number of aliphatic hydroxyl groups excluding tert-OH is 1. The first-order valence-electron chi connectivity index (χ1n) is 5.65. The van der Waals surface area contributed by atoms with Crippen LogP contribution in [0, 0.1) is 0 Å². The number of pyridine rings is 1. The van der Waals surface area contributed by atoms with Crippen LogP contribution >= 0.6 is 23.2 Å². The Bertz CT molecular complexity index is 437. The standard InChI is InChI=1S/C11H15Cl2N3O2/c12-7-5-8(13)10(15-9(7)14)16-11(6-17)1-3-18-4-2-11/h5,17H,1-4,6H2,(H3,14,15,16). The third kappa shape index (κ3) is 2.80. The number of ether oxygens (including phenoxy) is 1. The summed E-state index contributed by atoms with van der Waals surface area (Å²) in [5.41, 5.74) is 5.19. The van der Waals surface area contributed by atoms with E-state index in [4.69, 9.17) is 33.7 Å². The van der Waals surface area contributed by atoms with Gasteiger partial charge in [-0.3, -0.25) is 0 Å². The van der Waals surface area contributed by atoms with Crippen molar-refractivity contribution in [3.05, 3.63) is 16.1 Å². The van der Waals surface area contributed by atoms with Crippen molar-refractivity contribution < 1.29 is 9.84 Å². The average molecular weight is 292 g/mol. The normalized spacial score (nSPS) is 18.6. The fraction of sp³-hybridized carbons (Fsp3) is 0.545. The first-order valence-corrected chi connectivity index (χ1v) is 6.40. The molecule has 4 N–H and O–H groups in total. The van der Waals surface area contributed by atoms with Crippen molar-refractivity contribution >= 4 is 34.8 Å². The first-order chi connectivity index (χ1) is 8.56. The summed E-state index contributed by atoms with van der Waals surface area (Å²) in [5, 5.41) is 13.4. The number of anilines is 2. The highest BCUT2D eigenvalue weighted by Crippen LogP contribution is 2.32. The summed E-state index contributed by atoms with van der Waals surface area (Å²) in [6, 6.07) is 1.54. The van der Waals surface area contributed by atoms with Gasteiger partial charge in [0.1, 0.15) is 11.6 Å². The average Bonchev–Trinajstić information content (AvgIpc) is 2.37. The molecule has 0 bridgehead atoms. The van der Waals surface area contributed by atoms with E-state index in [1.165, 1.54) is 6.07 Å². The number of nitrogens with one attached hydrogen (secondary N) is 1. The largest absolute Gasteiger partial charge is 0.394 e. The maximum Gasteiger partial charge on any atom is 0.147 e. The molecule has 0 aliphatic carbocycles. The topological polar surface area (TPSA) is 80.4 Å². The van der Waals surface area contributed by atoms with Gasteiger partial charge in [-0.15, -0.1) is 0 Å². The highest BCUT2D eigenvalue weighted by molar-refractivity contribution is 6.37. The maximum atomic E-state index is 9.57. The fourth-order valence-corrected chi connectivity index (χ4v) is 2.31. The van der Waals surface area contributed by atoms with Gasteiger partial charge >= 0.3 is 0 Å². The maximum absolute atomic E-state index is 9.57. The van der Waals surface area contributed by atoms with Crippen LogP contribution in [0.2, 0.25) is 10.0 Å². The molecule has 2 heterocycles. The van der Waals surface area contributed by atoms with Crippen LogP contribution in [-0.2, 0) is 4.74 Å². The molecule has 0 amide bonds. The number of halogens is 2. The zero-order valence-corrected chi connectivity index (χ0v) is 11.3. The van der Waals surface area contributed by atoms with Crippen molar-refractivity contribution in [3.8, 4) is 0 Å². The van der Waals surface area contributed by atoms with Gasteiger partial charge in [0, 0.05) is 13.2 Å². The molecular formula is C11H15Cl2N3O2. The second-order valence-electron chi connectivity index (χ2n) is 4.36. The zero-order valence-electron chi connectivity index (χ0n) is 9.75. The predicted octanol–water partition coefficient (Wildman–Crippen LogP) is 1.92. The lowest BCUT2D eigenvalue weighted by Gasteiger charge is -2.37. The minimum absolute atomic E-state index is 0.0170. The Balaban J connectivity index is 2.24. The van der Waals surface area contributed by atoms with Crippen LogP contribution in [0.3, 0.4) is 0 Å². The van der Waals surface area contributed by atoms with Crippen LogP contribution in [-0.4, -0.2) is 35.5 Å². The lowest BCUT2D eigenvalue weighted by Crippen LogP contribution is -2.47. The molecule has 1 aliphatic heterocycles. The number of nitrogens with zero attached hydrogens (tertiary/aromatic N) is 1. The number of nitrogens with two attached hydrogens (primary N) is 1. The van der Waals surface area contributed by atoms with Crippen LogP contribution in [0.5, 0.6) is 0 Å². The Labute approximate surface area is 115 Å². The van der Waals surface area contributed by atoms with Crippen molar-refractivity contribution in [1.29, 1.82) is 0 Å². The van der Waals surface area contributed by atoms with Crippen LogP contribution in [0.25, 0.3) is 0 Å². The number of aliphatic hydroxyl groups is 1. The van der Waals surface area contributed by atoms with E-state index in [0.717, 1.165) is 0 Å². The number of nitrogen functional groups attached to an aromatic ring is 1. The SMILES string of the molecule is Nc1nc(NC2(CO)CCOCC2)c(Cl)cc1Cl. The Kier molecular flexibility index (Phi) is 4.17. The highest BCUT2D eigenvalue weighted by atomic mass is 35.5. The Morgan fingerprint density at radius 3 is 2.67 bits per heavy atom. The molecule has 5 nitrogen and oxygen atoms in total. The van der Waals surface area contributed by atoms with Crippen LogP contribution in [0.1, 0.15) is 12.8 Å². The van der Waals surface area contributed by atoms with Gasteiger partial charge in [-0.1, -0.05) is 23.2 Å². The minimum atomic E-state index is -0.463. The minimum Gasteiger partial charge on any atom is -0.394 e.